The SMILES string of the molecule is O=C(Nc1ccc(Cl)cc1)N1CC(Oc2nccs2)C1. The highest BCUT2D eigenvalue weighted by atomic mass is 35.5. The molecule has 2 amide bonds. The Labute approximate surface area is 125 Å². The number of benzene rings is 1. The van der Waals surface area contributed by atoms with Gasteiger partial charge in [0.25, 0.3) is 5.19 Å². The lowest BCUT2D eigenvalue weighted by molar-refractivity contribution is 0.0491. The predicted molar refractivity (Wildman–Crippen MR) is 78.6 cm³/mol. The first-order valence-electron chi connectivity index (χ1n) is 6.08. The summed E-state index contributed by atoms with van der Waals surface area (Å²) in [5.74, 6) is 0. The number of ether oxygens (including phenoxy) is 1. The zero-order chi connectivity index (χ0) is 13.9. The summed E-state index contributed by atoms with van der Waals surface area (Å²) in [6.45, 7) is 1.14. The Balaban J connectivity index is 1.47. The van der Waals surface area contributed by atoms with Gasteiger partial charge in [-0.25, -0.2) is 9.78 Å². The second kappa shape index (κ2) is 5.68. The molecular formula is C13H12ClN3O2S. The van der Waals surface area contributed by atoms with E-state index in [0.717, 1.165) is 5.69 Å². The largest absolute Gasteiger partial charge is 0.463 e. The third-order valence-electron chi connectivity index (χ3n) is 2.91. The van der Waals surface area contributed by atoms with Crippen LogP contribution in [0.2, 0.25) is 5.02 Å². The second-order valence-corrected chi connectivity index (χ2v) is 5.67. The minimum Gasteiger partial charge on any atom is -0.463 e. The minimum atomic E-state index is -0.133. The summed E-state index contributed by atoms with van der Waals surface area (Å²) < 4.78 is 5.60. The maximum absolute atomic E-state index is 11.9. The molecule has 1 saturated heterocycles. The van der Waals surface area contributed by atoms with Gasteiger partial charge in [-0.3, -0.25) is 0 Å². The number of carbonyl (C=O) groups excluding carboxylic acids is 1. The predicted octanol–water partition coefficient (Wildman–Crippen LogP) is 3.09. The minimum absolute atomic E-state index is 0.0251. The van der Waals surface area contributed by atoms with Crippen molar-refractivity contribution in [1.82, 2.24) is 9.88 Å². The van der Waals surface area contributed by atoms with Crippen molar-refractivity contribution in [3.63, 3.8) is 0 Å². The second-order valence-electron chi connectivity index (χ2n) is 4.38. The number of carbonyl (C=O) groups is 1. The maximum Gasteiger partial charge on any atom is 0.322 e. The molecule has 1 aromatic heterocycles. The molecule has 5 nitrogen and oxygen atoms in total. The Hall–Kier alpha value is -1.79. The van der Waals surface area contributed by atoms with Gasteiger partial charge in [-0.2, -0.15) is 0 Å². The van der Waals surface area contributed by atoms with Gasteiger partial charge in [0.05, 0.1) is 13.1 Å². The van der Waals surface area contributed by atoms with Crippen molar-refractivity contribution in [1.29, 1.82) is 0 Å². The zero-order valence-corrected chi connectivity index (χ0v) is 12.0. The first-order valence-corrected chi connectivity index (χ1v) is 7.34. The van der Waals surface area contributed by atoms with Crippen molar-refractivity contribution in [3.8, 4) is 5.19 Å². The van der Waals surface area contributed by atoms with Gasteiger partial charge in [-0.15, -0.1) is 0 Å². The molecule has 3 rings (SSSR count). The Morgan fingerprint density at radius 1 is 1.40 bits per heavy atom. The quantitative estimate of drug-likeness (QED) is 0.948. The third kappa shape index (κ3) is 3.02. The number of likely N-dealkylation sites (tertiary alicyclic amines) is 1. The van der Waals surface area contributed by atoms with Gasteiger partial charge in [0.15, 0.2) is 0 Å². The molecule has 0 radical (unpaired) electrons. The molecule has 0 atom stereocenters. The number of hydrogen-bond donors (Lipinski definition) is 1. The summed E-state index contributed by atoms with van der Waals surface area (Å²) in [4.78, 5) is 17.7. The van der Waals surface area contributed by atoms with Gasteiger partial charge >= 0.3 is 6.03 Å². The summed E-state index contributed by atoms with van der Waals surface area (Å²) in [6.07, 6.45) is 1.72. The number of amides is 2. The van der Waals surface area contributed by atoms with Gasteiger partial charge in [0.2, 0.25) is 0 Å². The summed E-state index contributed by atoms with van der Waals surface area (Å²) in [7, 11) is 0. The number of aromatic nitrogens is 1. The van der Waals surface area contributed by atoms with Gasteiger partial charge in [-0.1, -0.05) is 22.9 Å². The van der Waals surface area contributed by atoms with Gasteiger partial charge < -0.3 is 15.0 Å². The first kappa shape index (κ1) is 13.2. The van der Waals surface area contributed by atoms with Crippen LogP contribution in [0.25, 0.3) is 0 Å². The number of halogens is 1. The van der Waals surface area contributed by atoms with Crippen LogP contribution in [0.4, 0.5) is 10.5 Å². The zero-order valence-electron chi connectivity index (χ0n) is 10.5. The van der Waals surface area contributed by atoms with Gasteiger partial charge in [0, 0.05) is 22.3 Å². The summed E-state index contributed by atoms with van der Waals surface area (Å²) >= 11 is 7.24. The van der Waals surface area contributed by atoms with Crippen LogP contribution in [-0.2, 0) is 0 Å². The van der Waals surface area contributed by atoms with E-state index in [1.807, 2.05) is 5.38 Å². The molecule has 1 aliphatic heterocycles. The molecule has 104 valence electrons. The van der Waals surface area contributed by atoms with Crippen LogP contribution in [0.15, 0.2) is 35.8 Å². The topological polar surface area (TPSA) is 54.5 Å². The average molecular weight is 310 g/mol. The summed E-state index contributed by atoms with van der Waals surface area (Å²) in [6, 6.07) is 6.88. The van der Waals surface area contributed by atoms with Crippen LogP contribution in [-0.4, -0.2) is 35.1 Å². The molecule has 2 heterocycles. The van der Waals surface area contributed by atoms with E-state index in [1.54, 1.807) is 35.4 Å². The van der Waals surface area contributed by atoms with E-state index in [2.05, 4.69) is 10.3 Å². The molecule has 0 saturated carbocycles. The lowest BCUT2D eigenvalue weighted by atomic mass is 10.2. The molecule has 2 aromatic rings. The van der Waals surface area contributed by atoms with Crippen LogP contribution < -0.4 is 10.1 Å². The van der Waals surface area contributed by atoms with Gasteiger partial charge in [0.1, 0.15) is 6.10 Å². The number of nitrogens with zero attached hydrogens (tertiary/aromatic N) is 2. The van der Waals surface area contributed by atoms with Crippen LogP contribution in [0.5, 0.6) is 5.19 Å². The molecule has 0 aliphatic carbocycles. The number of urea groups is 1. The van der Waals surface area contributed by atoms with E-state index in [-0.39, 0.29) is 12.1 Å². The number of nitrogens with one attached hydrogen (secondary N) is 1. The van der Waals surface area contributed by atoms with Crippen LogP contribution in [0.1, 0.15) is 0 Å². The highest BCUT2D eigenvalue weighted by Crippen LogP contribution is 2.21. The fraction of sp³-hybridized carbons (Fsp3) is 0.231. The smallest absolute Gasteiger partial charge is 0.322 e. The van der Waals surface area contributed by atoms with Crippen LogP contribution >= 0.6 is 22.9 Å². The molecule has 0 bridgehead atoms. The van der Waals surface area contributed by atoms with E-state index >= 15 is 0 Å². The maximum atomic E-state index is 11.9. The van der Waals surface area contributed by atoms with Crippen molar-refractivity contribution < 1.29 is 9.53 Å². The lowest BCUT2D eigenvalue weighted by Gasteiger charge is -2.38. The molecule has 7 heteroatoms. The molecule has 1 aromatic carbocycles. The summed E-state index contributed by atoms with van der Waals surface area (Å²) in [5.41, 5.74) is 0.726. The Kier molecular flexibility index (Phi) is 3.75. The van der Waals surface area contributed by atoms with Crippen molar-refractivity contribution in [2.75, 3.05) is 18.4 Å². The fourth-order valence-corrected chi connectivity index (χ4v) is 2.50. The number of anilines is 1. The standard InChI is InChI=1S/C13H12ClN3O2S/c14-9-1-3-10(4-2-9)16-12(18)17-7-11(8-17)19-13-15-5-6-20-13/h1-6,11H,7-8H2,(H,16,18). The molecule has 1 fully saturated rings. The van der Waals surface area contributed by atoms with E-state index in [0.29, 0.717) is 23.3 Å². The van der Waals surface area contributed by atoms with E-state index in [1.165, 1.54) is 11.3 Å². The van der Waals surface area contributed by atoms with E-state index in [4.69, 9.17) is 16.3 Å². The van der Waals surface area contributed by atoms with Gasteiger partial charge in [-0.05, 0) is 24.3 Å². The normalized spacial score (nSPS) is 14.8. The molecule has 1 aliphatic rings. The highest BCUT2D eigenvalue weighted by molar-refractivity contribution is 7.11. The average Bonchev–Trinajstić information content (AvgIpc) is 2.89. The van der Waals surface area contributed by atoms with Crippen molar-refractivity contribution in [2.24, 2.45) is 0 Å². The van der Waals surface area contributed by atoms with Crippen molar-refractivity contribution in [2.45, 2.75) is 6.10 Å². The number of thiazole rings is 1. The molecular weight excluding hydrogens is 298 g/mol. The fourth-order valence-electron chi connectivity index (χ4n) is 1.83. The lowest BCUT2D eigenvalue weighted by Crippen LogP contribution is -2.57. The van der Waals surface area contributed by atoms with Crippen LogP contribution in [0, 0.1) is 0 Å². The Morgan fingerprint density at radius 3 is 2.80 bits per heavy atom. The Bertz CT molecular complexity index is 582. The van der Waals surface area contributed by atoms with E-state index in [9.17, 15) is 4.79 Å². The van der Waals surface area contributed by atoms with Crippen molar-refractivity contribution in [3.05, 3.63) is 40.9 Å². The number of rotatable bonds is 3. The number of hydrogen-bond acceptors (Lipinski definition) is 4. The first-order chi connectivity index (χ1) is 9.70. The monoisotopic (exact) mass is 309 g/mol. The van der Waals surface area contributed by atoms with Crippen LogP contribution in [0.3, 0.4) is 0 Å². The summed E-state index contributed by atoms with van der Waals surface area (Å²) in [5, 5.41) is 5.96. The molecule has 0 spiro atoms. The third-order valence-corrected chi connectivity index (χ3v) is 3.82. The highest BCUT2D eigenvalue weighted by Gasteiger charge is 2.32. The van der Waals surface area contributed by atoms with Crippen molar-refractivity contribution >= 4 is 34.7 Å². The molecule has 0 unspecified atom stereocenters. The molecule has 1 N–H and O–H groups in total. The Morgan fingerprint density at radius 2 is 2.15 bits per heavy atom. The molecule has 20 heavy (non-hydrogen) atoms. The van der Waals surface area contributed by atoms with E-state index < -0.39 is 0 Å².